The van der Waals surface area contributed by atoms with Crippen LogP contribution in [0, 0.1) is 15.5 Å². The highest BCUT2D eigenvalue weighted by Gasteiger charge is 2.21. The van der Waals surface area contributed by atoms with Gasteiger partial charge < -0.3 is 10.6 Å². The van der Waals surface area contributed by atoms with Gasteiger partial charge >= 0.3 is 0 Å². The van der Waals surface area contributed by atoms with Gasteiger partial charge in [-0.15, -0.1) is 0 Å². The molecule has 0 aliphatic carbocycles. The first-order valence-corrected chi connectivity index (χ1v) is 6.79. The number of nitrogens with two attached hydrogens (primary N) is 1. The summed E-state index contributed by atoms with van der Waals surface area (Å²) in [5, 5.41) is 11.9. The van der Waals surface area contributed by atoms with Gasteiger partial charge in [0.05, 0.1) is 4.92 Å². The molecule has 0 fully saturated rings. The first-order chi connectivity index (χ1) is 9.85. The fourth-order valence-corrected chi connectivity index (χ4v) is 2.41. The third-order valence-corrected chi connectivity index (χ3v) is 3.55. The summed E-state index contributed by atoms with van der Waals surface area (Å²) in [4.78, 5) is 16.9. The van der Waals surface area contributed by atoms with E-state index in [1.807, 2.05) is 13.1 Å². The number of rotatable bonds is 5. The number of nitrogens with zero attached hydrogens (tertiary/aromatic N) is 3. The summed E-state index contributed by atoms with van der Waals surface area (Å²) in [6.45, 7) is 5.51. The maximum absolute atomic E-state index is 11.1. The van der Waals surface area contributed by atoms with Gasteiger partial charge in [0.2, 0.25) is 0 Å². The molecule has 0 aliphatic heterocycles. The van der Waals surface area contributed by atoms with Gasteiger partial charge in [0.25, 0.3) is 5.69 Å². The zero-order valence-corrected chi connectivity index (χ0v) is 12.5. The summed E-state index contributed by atoms with van der Waals surface area (Å²) >= 11 is 0. The monoisotopic (exact) mass is 288 g/mol. The molecule has 0 bridgehead atoms. The van der Waals surface area contributed by atoms with Gasteiger partial charge in [0.15, 0.2) is 0 Å². The number of anilines is 1. The van der Waals surface area contributed by atoms with Crippen molar-refractivity contribution in [3.05, 3.63) is 40.6 Å². The standard InChI is InChI=1S/C15H20N4O2/c1-15(2,9-16)10-18(3)12-6-7-13(19(20)21)14-11(12)5-4-8-17-14/h4-8H,9-10,16H2,1-3H3. The van der Waals surface area contributed by atoms with Gasteiger partial charge in [-0.3, -0.25) is 10.1 Å². The normalized spacial score (nSPS) is 11.6. The third-order valence-electron chi connectivity index (χ3n) is 3.55. The predicted octanol–water partition coefficient (Wildman–Crippen LogP) is 2.56. The summed E-state index contributed by atoms with van der Waals surface area (Å²) < 4.78 is 0. The number of hydrogen-bond acceptors (Lipinski definition) is 5. The quantitative estimate of drug-likeness (QED) is 0.675. The minimum absolute atomic E-state index is 0.0286. The summed E-state index contributed by atoms with van der Waals surface area (Å²) in [6.07, 6.45) is 1.57. The highest BCUT2D eigenvalue weighted by Crippen LogP contribution is 2.32. The van der Waals surface area contributed by atoms with Crippen LogP contribution in [0.15, 0.2) is 30.5 Å². The molecule has 1 aromatic heterocycles. The number of nitro groups is 1. The molecule has 0 aliphatic rings. The lowest BCUT2D eigenvalue weighted by molar-refractivity contribution is -0.383. The largest absolute Gasteiger partial charge is 0.373 e. The van der Waals surface area contributed by atoms with Gasteiger partial charge in [-0.05, 0) is 30.2 Å². The van der Waals surface area contributed by atoms with Crippen molar-refractivity contribution >= 4 is 22.3 Å². The lowest BCUT2D eigenvalue weighted by atomic mass is 9.93. The molecule has 1 aromatic carbocycles. The lowest BCUT2D eigenvalue weighted by Crippen LogP contribution is -2.36. The van der Waals surface area contributed by atoms with E-state index < -0.39 is 4.92 Å². The molecule has 21 heavy (non-hydrogen) atoms. The van der Waals surface area contributed by atoms with Crippen LogP contribution in [0.4, 0.5) is 11.4 Å². The molecule has 0 amide bonds. The fraction of sp³-hybridized carbons (Fsp3) is 0.400. The predicted molar refractivity (Wildman–Crippen MR) is 84.5 cm³/mol. The van der Waals surface area contributed by atoms with Gasteiger partial charge in [-0.25, -0.2) is 4.98 Å². The number of nitro benzene ring substituents is 1. The average Bonchev–Trinajstić information content (AvgIpc) is 2.45. The number of hydrogen-bond donors (Lipinski definition) is 1. The second kappa shape index (κ2) is 5.65. The number of pyridine rings is 1. The Kier molecular flexibility index (Phi) is 4.09. The van der Waals surface area contributed by atoms with E-state index in [1.165, 1.54) is 6.07 Å². The molecule has 0 atom stereocenters. The van der Waals surface area contributed by atoms with Crippen LogP contribution >= 0.6 is 0 Å². The van der Waals surface area contributed by atoms with E-state index in [9.17, 15) is 10.1 Å². The molecular weight excluding hydrogens is 268 g/mol. The zero-order chi connectivity index (χ0) is 15.6. The SMILES string of the molecule is CN(CC(C)(C)CN)c1ccc([N+](=O)[O-])c2ncccc12. The first kappa shape index (κ1) is 15.2. The number of aromatic nitrogens is 1. The molecule has 0 spiro atoms. The Labute approximate surface area is 123 Å². The van der Waals surface area contributed by atoms with Crippen LogP contribution in [0.3, 0.4) is 0 Å². The second-order valence-electron chi connectivity index (χ2n) is 5.98. The topological polar surface area (TPSA) is 85.3 Å². The van der Waals surface area contributed by atoms with E-state index in [2.05, 4.69) is 23.7 Å². The van der Waals surface area contributed by atoms with Crippen molar-refractivity contribution in [1.82, 2.24) is 4.98 Å². The maximum atomic E-state index is 11.1. The van der Waals surface area contributed by atoms with Gasteiger partial charge in [-0.2, -0.15) is 0 Å². The Bertz CT molecular complexity index is 670. The van der Waals surface area contributed by atoms with Crippen LogP contribution in [0.1, 0.15) is 13.8 Å². The molecule has 0 saturated carbocycles. The molecule has 0 radical (unpaired) electrons. The zero-order valence-electron chi connectivity index (χ0n) is 12.5. The smallest absolute Gasteiger partial charge is 0.295 e. The molecule has 0 saturated heterocycles. The number of fused-ring (bicyclic) bond motifs is 1. The van der Waals surface area contributed by atoms with Crippen molar-refractivity contribution in [1.29, 1.82) is 0 Å². The third kappa shape index (κ3) is 3.11. The maximum Gasteiger partial charge on any atom is 0.295 e. The molecule has 1 heterocycles. The van der Waals surface area contributed by atoms with Crippen molar-refractivity contribution < 1.29 is 4.92 Å². The minimum Gasteiger partial charge on any atom is -0.373 e. The van der Waals surface area contributed by atoms with E-state index in [0.29, 0.717) is 12.1 Å². The van der Waals surface area contributed by atoms with Crippen molar-refractivity contribution in [3.8, 4) is 0 Å². The van der Waals surface area contributed by atoms with Crippen molar-refractivity contribution in [3.63, 3.8) is 0 Å². The van der Waals surface area contributed by atoms with E-state index in [1.54, 1.807) is 18.3 Å². The van der Waals surface area contributed by atoms with E-state index in [0.717, 1.165) is 17.6 Å². The summed E-state index contributed by atoms with van der Waals surface area (Å²) in [7, 11) is 1.96. The van der Waals surface area contributed by atoms with Crippen molar-refractivity contribution in [2.45, 2.75) is 13.8 Å². The Morgan fingerprint density at radius 2 is 2.10 bits per heavy atom. The van der Waals surface area contributed by atoms with Gasteiger partial charge in [-0.1, -0.05) is 13.8 Å². The summed E-state index contributed by atoms with van der Waals surface area (Å²) in [5.41, 5.74) is 7.11. The van der Waals surface area contributed by atoms with E-state index in [-0.39, 0.29) is 11.1 Å². The van der Waals surface area contributed by atoms with Gasteiger partial charge in [0, 0.05) is 36.9 Å². The molecular formula is C15H20N4O2. The van der Waals surface area contributed by atoms with Crippen LogP contribution in [0.5, 0.6) is 0 Å². The molecule has 6 heteroatoms. The van der Waals surface area contributed by atoms with E-state index in [4.69, 9.17) is 5.73 Å². The minimum atomic E-state index is -0.400. The summed E-state index contributed by atoms with van der Waals surface area (Å²) in [5.74, 6) is 0. The Morgan fingerprint density at radius 1 is 1.38 bits per heavy atom. The van der Waals surface area contributed by atoms with Crippen LogP contribution in [0.2, 0.25) is 0 Å². The lowest BCUT2D eigenvalue weighted by Gasteiger charge is -2.31. The Balaban J connectivity index is 2.51. The fourth-order valence-electron chi connectivity index (χ4n) is 2.41. The van der Waals surface area contributed by atoms with Crippen molar-refractivity contribution in [2.24, 2.45) is 11.1 Å². The molecule has 6 nitrogen and oxygen atoms in total. The number of non-ortho nitro benzene ring substituents is 1. The molecule has 2 rings (SSSR count). The molecule has 2 N–H and O–H groups in total. The highest BCUT2D eigenvalue weighted by atomic mass is 16.6. The second-order valence-corrected chi connectivity index (χ2v) is 5.98. The Hall–Kier alpha value is -2.21. The Morgan fingerprint density at radius 3 is 2.71 bits per heavy atom. The van der Waals surface area contributed by atoms with Crippen LogP contribution in [-0.4, -0.2) is 30.0 Å². The summed E-state index contributed by atoms with van der Waals surface area (Å²) in [6, 6.07) is 6.93. The number of benzene rings is 1. The van der Waals surface area contributed by atoms with Crippen LogP contribution in [0.25, 0.3) is 10.9 Å². The van der Waals surface area contributed by atoms with Crippen molar-refractivity contribution in [2.75, 3.05) is 25.0 Å². The van der Waals surface area contributed by atoms with Crippen LogP contribution in [-0.2, 0) is 0 Å². The first-order valence-electron chi connectivity index (χ1n) is 6.79. The molecule has 2 aromatic rings. The molecule has 0 unspecified atom stereocenters. The van der Waals surface area contributed by atoms with E-state index >= 15 is 0 Å². The highest BCUT2D eigenvalue weighted by molar-refractivity contribution is 5.97. The average molecular weight is 288 g/mol. The molecule has 112 valence electrons. The van der Waals surface area contributed by atoms with Gasteiger partial charge in [0.1, 0.15) is 5.52 Å². The van der Waals surface area contributed by atoms with Crippen LogP contribution < -0.4 is 10.6 Å².